The number of hydrogen-bond acceptors (Lipinski definition) is 4. The molecular formula is C19H29N3O3. The molecule has 138 valence electrons. The molecule has 1 atom stereocenters. The Kier molecular flexibility index (Phi) is 6.29. The van der Waals surface area contributed by atoms with Crippen LogP contribution in [0.4, 0.5) is 4.79 Å². The van der Waals surface area contributed by atoms with Gasteiger partial charge in [0.05, 0.1) is 19.3 Å². The van der Waals surface area contributed by atoms with Gasteiger partial charge in [-0.2, -0.15) is 0 Å². The number of carbonyl (C=O) groups is 1. The summed E-state index contributed by atoms with van der Waals surface area (Å²) >= 11 is 0. The fourth-order valence-electron chi connectivity index (χ4n) is 3.66. The third kappa shape index (κ3) is 4.93. The molecule has 2 heterocycles. The highest BCUT2D eigenvalue weighted by Crippen LogP contribution is 2.20. The van der Waals surface area contributed by atoms with Crippen LogP contribution in [-0.2, 0) is 11.3 Å². The second kappa shape index (κ2) is 8.65. The van der Waals surface area contributed by atoms with Crippen LogP contribution in [0.1, 0.15) is 18.4 Å². The van der Waals surface area contributed by atoms with E-state index in [0.29, 0.717) is 25.8 Å². The molecule has 2 aliphatic heterocycles. The molecule has 2 amide bonds. The molecule has 0 bridgehead atoms. The summed E-state index contributed by atoms with van der Waals surface area (Å²) in [7, 11) is 1.86. The highest BCUT2D eigenvalue weighted by molar-refractivity contribution is 5.76. The van der Waals surface area contributed by atoms with Crippen LogP contribution >= 0.6 is 0 Å². The Bertz CT molecular complexity index is 546. The maximum Gasteiger partial charge on any atom is 0.320 e. The standard InChI is InChI=1S/C19H29N3O3/c1-20-11-12-22(19(20)24)17-7-9-21(10-8-17)13-18(23)15-25-14-16-5-3-2-4-6-16/h2-6,17-18,23H,7-15H2,1H3/t18-/m1/s1. The second-order valence-electron chi connectivity index (χ2n) is 7.08. The summed E-state index contributed by atoms with van der Waals surface area (Å²) in [6.45, 7) is 5.04. The third-order valence-electron chi connectivity index (χ3n) is 5.14. The normalized spacial score (nSPS) is 21.1. The Hall–Kier alpha value is -1.63. The lowest BCUT2D eigenvalue weighted by atomic mass is 10.0. The summed E-state index contributed by atoms with van der Waals surface area (Å²) in [5.74, 6) is 0. The zero-order chi connectivity index (χ0) is 17.6. The first-order valence-electron chi connectivity index (χ1n) is 9.17. The number of carbonyl (C=O) groups excluding carboxylic acids is 1. The van der Waals surface area contributed by atoms with Gasteiger partial charge in [0.2, 0.25) is 0 Å². The number of likely N-dealkylation sites (tertiary alicyclic amines) is 1. The maximum atomic E-state index is 12.1. The van der Waals surface area contributed by atoms with Crippen LogP contribution in [0, 0.1) is 0 Å². The minimum absolute atomic E-state index is 0.160. The molecule has 1 aromatic rings. The van der Waals surface area contributed by atoms with Gasteiger partial charge in [0.15, 0.2) is 0 Å². The fourth-order valence-corrected chi connectivity index (χ4v) is 3.66. The highest BCUT2D eigenvalue weighted by Gasteiger charge is 2.33. The lowest BCUT2D eigenvalue weighted by Crippen LogP contribution is -2.48. The average Bonchev–Trinajstić information content (AvgIpc) is 2.96. The van der Waals surface area contributed by atoms with E-state index >= 15 is 0 Å². The van der Waals surface area contributed by atoms with Gasteiger partial charge in [-0.15, -0.1) is 0 Å². The van der Waals surface area contributed by atoms with E-state index in [-0.39, 0.29) is 6.03 Å². The summed E-state index contributed by atoms with van der Waals surface area (Å²) < 4.78 is 5.62. The first kappa shape index (κ1) is 18.2. The molecule has 0 unspecified atom stereocenters. The van der Waals surface area contributed by atoms with Crippen LogP contribution in [-0.4, -0.2) is 84.4 Å². The van der Waals surface area contributed by atoms with Gasteiger partial charge in [-0.05, 0) is 18.4 Å². The second-order valence-corrected chi connectivity index (χ2v) is 7.08. The van der Waals surface area contributed by atoms with Gasteiger partial charge in [0.1, 0.15) is 0 Å². The first-order chi connectivity index (χ1) is 12.1. The number of ether oxygens (including phenoxy) is 1. The summed E-state index contributed by atoms with van der Waals surface area (Å²) in [5, 5.41) is 10.2. The Labute approximate surface area is 150 Å². The number of benzene rings is 1. The van der Waals surface area contributed by atoms with Gasteiger partial charge in [0.25, 0.3) is 0 Å². The Morgan fingerprint density at radius 2 is 1.88 bits per heavy atom. The highest BCUT2D eigenvalue weighted by atomic mass is 16.5. The molecule has 0 spiro atoms. The number of nitrogens with zero attached hydrogens (tertiary/aromatic N) is 3. The van der Waals surface area contributed by atoms with Gasteiger partial charge in [-0.1, -0.05) is 30.3 Å². The predicted molar refractivity (Wildman–Crippen MR) is 96.3 cm³/mol. The van der Waals surface area contributed by atoms with E-state index < -0.39 is 6.10 Å². The van der Waals surface area contributed by atoms with Crippen molar-refractivity contribution in [1.29, 1.82) is 0 Å². The molecule has 0 radical (unpaired) electrons. The monoisotopic (exact) mass is 347 g/mol. The lowest BCUT2D eigenvalue weighted by molar-refractivity contribution is 0.00337. The molecule has 6 heteroatoms. The molecule has 0 saturated carbocycles. The van der Waals surface area contributed by atoms with Crippen LogP contribution in [0.2, 0.25) is 0 Å². The van der Waals surface area contributed by atoms with Crippen molar-refractivity contribution in [2.45, 2.75) is 31.6 Å². The predicted octanol–water partition coefficient (Wildman–Crippen LogP) is 1.40. The van der Waals surface area contributed by atoms with Crippen molar-refractivity contribution in [3.63, 3.8) is 0 Å². The van der Waals surface area contributed by atoms with Crippen molar-refractivity contribution in [2.75, 3.05) is 46.4 Å². The summed E-state index contributed by atoms with van der Waals surface area (Å²) in [4.78, 5) is 18.2. The molecule has 2 aliphatic rings. The van der Waals surface area contributed by atoms with Crippen LogP contribution in [0.15, 0.2) is 30.3 Å². The molecular weight excluding hydrogens is 318 g/mol. The van der Waals surface area contributed by atoms with E-state index in [2.05, 4.69) is 4.90 Å². The summed E-state index contributed by atoms with van der Waals surface area (Å²) in [6, 6.07) is 10.5. The quantitative estimate of drug-likeness (QED) is 0.810. The summed E-state index contributed by atoms with van der Waals surface area (Å²) in [5.41, 5.74) is 1.12. The van der Waals surface area contributed by atoms with E-state index in [1.807, 2.05) is 42.3 Å². The van der Waals surface area contributed by atoms with E-state index in [1.165, 1.54) is 0 Å². The van der Waals surface area contributed by atoms with Crippen molar-refractivity contribution < 1.29 is 14.6 Å². The molecule has 0 aromatic heterocycles. The Morgan fingerprint density at radius 3 is 2.52 bits per heavy atom. The number of urea groups is 1. The van der Waals surface area contributed by atoms with Crippen molar-refractivity contribution in [3.05, 3.63) is 35.9 Å². The van der Waals surface area contributed by atoms with Crippen molar-refractivity contribution in [1.82, 2.24) is 14.7 Å². The fraction of sp³-hybridized carbons (Fsp3) is 0.632. The number of aliphatic hydroxyl groups excluding tert-OH is 1. The molecule has 1 aromatic carbocycles. The average molecular weight is 347 g/mol. The van der Waals surface area contributed by atoms with Crippen LogP contribution in [0.3, 0.4) is 0 Å². The van der Waals surface area contributed by atoms with Gasteiger partial charge in [0, 0.05) is 45.8 Å². The number of β-amino-alcohol motifs (C(OH)–C–C–N with tert-alkyl or cyclic N) is 1. The molecule has 3 rings (SSSR count). The topological polar surface area (TPSA) is 56.3 Å². The van der Waals surface area contributed by atoms with Crippen LogP contribution in [0.25, 0.3) is 0 Å². The van der Waals surface area contributed by atoms with E-state index in [0.717, 1.165) is 44.6 Å². The molecule has 25 heavy (non-hydrogen) atoms. The number of likely N-dealkylation sites (N-methyl/N-ethyl adjacent to an activating group) is 1. The molecule has 2 fully saturated rings. The van der Waals surface area contributed by atoms with E-state index in [4.69, 9.17) is 4.74 Å². The third-order valence-corrected chi connectivity index (χ3v) is 5.14. The number of rotatable bonds is 7. The van der Waals surface area contributed by atoms with Gasteiger partial charge in [-0.25, -0.2) is 4.79 Å². The largest absolute Gasteiger partial charge is 0.389 e. The lowest BCUT2D eigenvalue weighted by Gasteiger charge is -2.37. The Balaban J connectivity index is 1.34. The molecule has 1 N–H and O–H groups in total. The molecule has 6 nitrogen and oxygen atoms in total. The molecule has 0 aliphatic carbocycles. The van der Waals surface area contributed by atoms with Crippen molar-refractivity contribution >= 4 is 6.03 Å². The minimum atomic E-state index is -0.472. The van der Waals surface area contributed by atoms with Crippen LogP contribution in [0.5, 0.6) is 0 Å². The van der Waals surface area contributed by atoms with E-state index in [9.17, 15) is 9.90 Å². The SMILES string of the molecule is CN1CCN(C2CCN(C[C@@H](O)COCc3ccccc3)CC2)C1=O. The number of amides is 2. The number of piperidine rings is 1. The zero-order valence-electron chi connectivity index (χ0n) is 15.0. The maximum absolute atomic E-state index is 12.1. The van der Waals surface area contributed by atoms with Crippen LogP contribution < -0.4 is 0 Å². The minimum Gasteiger partial charge on any atom is -0.389 e. The number of hydrogen-bond donors (Lipinski definition) is 1. The smallest absolute Gasteiger partial charge is 0.320 e. The van der Waals surface area contributed by atoms with Gasteiger partial charge < -0.3 is 24.5 Å². The van der Waals surface area contributed by atoms with Gasteiger partial charge >= 0.3 is 6.03 Å². The van der Waals surface area contributed by atoms with E-state index in [1.54, 1.807) is 4.90 Å². The first-order valence-corrected chi connectivity index (χ1v) is 9.17. The Morgan fingerprint density at radius 1 is 1.16 bits per heavy atom. The number of aliphatic hydroxyl groups is 1. The zero-order valence-corrected chi connectivity index (χ0v) is 15.0. The van der Waals surface area contributed by atoms with Crippen molar-refractivity contribution in [3.8, 4) is 0 Å². The molecule has 2 saturated heterocycles. The van der Waals surface area contributed by atoms with Crippen molar-refractivity contribution in [2.24, 2.45) is 0 Å². The van der Waals surface area contributed by atoms with Gasteiger partial charge in [-0.3, -0.25) is 0 Å². The summed E-state index contributed by atoms with van der Waals surface area (Å²) in [6.07, 6.45) is 1.49.